The molecule has 2 amide bonds. The maximum absolute atomic E-state index is 12.7. The summed E-state index contributed by atoms with van der Waals surface area (Å²) in [7, 11) is 1.67. The van der Waals surface area contributed by atoms with Gasteiger partial charge >= 0.3 is 6.03 Å². The predicted octanol–water partition coefficient (Wildman–Crippen LogP) is 4.11. The number of ether oxygens (including phenoxy) is 1. The van der Waals surface area contributed by atoms with Crippen LogP contribution < -0.4 is 15.4 Å². The molecule has 0 aromatic heterocycles. The van der Waals surface area contributed by atoms with Gasteiger partial charge < -0.3 is 15.4 Å². The summed E-state index contributed by atoms with van der Waals surface area (Å²) < 4.78 is 5.25. The highest BCUT2D eigenvalue weighted by Crippen LogP contribution is 2.41. The Kier molecular flexibility index (Phi) is 6.35. The first kappa shape index (κ1) is 19.8. The van der Waals surface area contributed by atoms with Gasteiger partial charge in [0.2, 0.25) is 0 Å². The monoisotopic (exact) mass is 393 g/mol. The van der Waals surface area contributed by atoms with E-state index in [1.165, 1.54) is 18.4 Å². The first-order valence-corrected chi connectivity index (χ1v) is 10.7. The van der Waals surface area contributed by atoms with Gasteiger partial charge in [0, 0.05) is 25.7 Å². The number of carbonyl (C=O) groups is 1. The smallest absolute Gasteiger partial charge is 0.315 e. The molecule has 2 fully saturated rings. The Morgan fingerprint density at radius 2 is 1.72 bits per heavy atom. The zero-order valence-corrected chi connectivity index (χ0v) is 17.1. The Morgan fingerprint density at radius 1 is 1.03 bits per heavy atom. The molecule has 1 aliphatic carbocycles. The molecule has 2 aliphatic rings. The van der Waals surface area contributed by atoms with Crippen molar-refractivity contribution in [2.45, 2.75) is 44.3 Å². The number of benzene rings is 2. The third kappa shape index (κ3) is 5.51. The molecule has 4 rings (SSSR count). The van der Waals surface area contributed by atoms with Gasteiger partial charge in [-0.25, -0.2) is 4.79 Å². The van der Waals surface area contributed by atoms with E-state index in [1.54, 1.807) is 7.11 Å². The molecule has 2 aromatic carbocycles. The molecule has 154 valence electrons. The SMILES string of the molecule is COc1ccc(C(NC(=O)NC2CCN(Cc3ccccc3)CC2)C2CC2)cc1. The van der Waals surface area contributed by atoms with Gasteiger partial charge in [-0.05, 0) is 54.9 Å². The van der Waals surface area contributed by atoms with Crippen LogP contribution in [0.4, 0.5) is 4.79 Å². The molecule has 2 aromatic rings. The zero-order valence-electron chi connectivity index (χ0n) is 17.1. The Labute approximate surface area is 173 Å². The summed E-state index contributed by atoms with van der Waals surface area (Å²) in [5.41, 5.74) is 2.50. The summed E-state index contributed by atoms with van der Waals surface area (Å²) >= 11 is 0. The fourth-order valence-electron chi connectivity index (χ4n) is 4.16. The molecule has 5 nitrogen and oxygen atoms in total. The Morgan fingerprint density at radius 3 is 2.34 bits per heavy atom. The second-order valence-corrected chi connectivity index (χ2v) is 8.24. The maximum atomic E-state index is 12.7. The van der Waals surface area contributed by atoms with Crippen LogP contribution in [0.1, 0.15) is 42.9 Å². The molecule has 0 bridgehead atoms. The Balaban J connectivity index is 1.25. The zero-order chi connectivity index (χ0) is 20.1. The third-order valence-electron chi connectivity index (χ3n) is 6.03. The van der Waals surface area contributed by atoms with E-state index in [9.17, 15) is 4.79 Å². The van der Waals surface area contributed by atoms with Gasteiger partial charge in [-0.3, -0.25) is 4.90 Å². The third-order valence-corrected chi connectivity index (χ3v) is 6.03. The van der Waals surface area contributed by atoms with Gasteiger partial charge in [0.05, 0.1) is 13.2 Å². The Hall–Kier alpha value is -2.53. The van der Waals surface area contributed by atoms with Crippen LogP contribution in [0, 0.1) is 5.92 Å². The number of carbonyl (C=O) groups excluding carboxylic acids is 1. The molecule has 1 unspecified atom stereocenters. The van der Waals surface area contributed by atoms with E-state index in [0.29, 0.717) is 5.92 Å². The van der Waals surface area contributed by atoms with E-state index >= 15 is 0 Å². The molecular weight excluding hydrogens is 362 g/mol. The van der Waals surface area contributed by atoms with Crippen molar-refractivity contribution in [3.05, 3.63) is 65.7 Å². The molecule has 2 N–H and O–H groups in total. The molecule has 5 heteroatoms. The van der Waals surface area contributed by atoms with Gasteiger partial charge in [0.25, 0.3) is 0 Å². The molecule has 1 atom stereocenters. The molecule has 1 heterocycles. The molecule has 1 saturated carbocycles. The molecule has 0 radical (unpaired) electrons. The van der Waals surface area contributed by atoms with Gasteiger partial charge in [0.15, 0.2) is 0 Å². The number of urea groups is 1. The molecule has 0 spiro atoms. The van der Waals surface area contributed by atoms with E-state index in [-0.39, 0.29) is 18.1 Å². The molecule has 1 aliphatic heterocycles. The van der Waals surface area contributed by atoms with Gasteiger partial charge in [-0.2, -0.15) is 0 Å². The minimum absolute atomic E-state index is 0.0424. The van der Waals surface area contributed by atoms with Crippen LogP contribution in [0.15, 0.2) is 54.6 Å². The highest BCUT2D eigenvalue weighted by molar-refractivity contribution is 5.75. The van der Waals surface area contributed by atoms with Crippen molar-refractivity contribution in [2.75, 3.05) is 20.2 Å². The number of nitrogens with zero attached hydrogens (tertiary/aromatic N) is 1. The van der Waals surface area contributed by atoms with Gasteiger partial charge in [0.1, 0.15) is 5.75 Å². The van der Waals surface area contributed by atoms with Crippen molar-refractivity contribution >= 4 is 6.03 Å². The average molecular weight is 394 g/mol. The average Bonchev–Trinajstić information content (AvgIpc) is 3.60. The number of methoxy groups -OCH3 is 1. The van der Waals surface area contributed by atoms with Crippen molar-refractivity contribution in [3.63, 3.8) is 0 Å². The standard InChI is InChI=1S/C24H31N3O2/c1-29-22-11-9-20(10-12-22)23(19-7-8-19)26-24(28)25-21-13-15-27(16-14-21)17-18-5-3-2-4-6-18/h2-6,9-12,19,21,23H,7-8,13-17H2,1H3,(H2,25,26,28). The molecule has 29 heavy (non-hydrogen) atoms. The molecular formula is C24H31N3O2. The highest BCUT2D eigenvalue weighted by Gasteiger charge is 2.34. The normalized spacial score (nSPS) is 18.8. The lowest BCUT2D eigenvalue weighted by Gasteiger charge is -2.32. The van der Waals surface area contributed by atoms with E-state index in [2.05, 4.69) is 58.0 Å². The van der Waals surface area contributed by atoms with E-state index in [1.807, 2.05) is 12.1 Å². The number of nitrogens with one attached hydrogen (secondary N) is 2. The lowest BCUT2D eigenvalue weighted by Crippen LogP contribution is -2.48. The van der Waals surface area contributed by atoms with Crippen molar-refractivity contribution in [1.82, 2.24) is 15.5 Å². The minimum atomic E-state index is -0.0424. The number of hydrogen-bond acceptors (Lipinski definition) is 3. The number of likely N-dealkylation sites (tertiary alicyclic amines) is 1. The van der Waals surface area contributed by atoms with Crippen LogP contribution in [-0.2, 0) is 6.54 Å². The lowest BCUT2D eigenvalue weighted by atomic mass is 10.0. The van der Waals surface area contributed by atoms with Crippen molar-refractivity contribution < 1.29 is 9.53 Å². The van der Waals surface area contributed by atoms with Gasteiger partial charge in [-0.15, -0.1) is 0 Å². The summed E-state index contributed by atoms with van der Waals surface area (Å²) in [5, 5.41) is 6.43. The largest absolute Gasteiger partial charge is 0.497 e. The lowest BCUT2D eigenvalue weighted by molar-refractivity contribution is 0.185. The van der Waals surface area contributed by atoms with Crippen LogP contribution in [0.5, 0.6) is 5.75 Å². The highest BCUT2D eigenvalue weighted by atomic mass is 16.5. The summed E-state index contributed by atoms with van der Waals surface area (Å²) in [4.78, 5) is 15.1. The summed E-state index contributed by atoms with van der Waals surface area (Å²) in [6, 6.07) is 18.9. The Bertz CT molecular complexity index is 782. The van der Waals surface area contributed by atoms with E-state index < -0.39 is 0 Å². The summed E-state index contributed by atoms with van der Waals surface area (Å²) in [5.74, 6) is 1.39. The van der Waals surface area contributed by atoms with Crippen LogP contribution in [0.3, 0.4) is 0 Å². The van der Waals surface area contributed by atoms with Crippen LogP contribution in [0.2, 0.25) is 0 Å². The summed E-state index contributed by atoms with van der Waals surface area (Å²) in [6.07, 6.45) is 4.34. The first-order chi connectivity index (χ1) is 14.2. The second kappa shape index (κ2) is 9.31. The number of hydrogen-bond donors (Lipinski definition) is 2. The predicted molar refractivity (Wildman–Crippen MR) is 115 cm³/mol. The number of piperidine rings is 1. The van der Waals surface area contributed by atoms with E-state index in [4.69, 9.17) is 4.74 Å². The fraction of sp³-hybridized carbons (Fsp3) is 0.458. The van der Waals surface area contributed by atoms with Gasteiger partial charge in [-0.1, -0.05) is 42.5 Å². The van der Waals surface area contributed by atoms with Crippen LogP contribution in [0.25, 0.3) is 0 Å². The van der Waals surface area contributed by atoms with Crippen molar-refractivity contribution in [2.24, 2.45) is 5.92 Å². The minimum Gasteiger partial charge on any atom is -0.497 e. The fourth-order valence-corrected chi connectivity index (χ4v) is 4.16. The molecule has 1 saturated heterocycles. The number of amides is 2. The van der Waals surface area contributed by atoms with Crippen molar-refractivity contribution in [1.29, 1.82) is 0 Å². The van der Waals surface area contributed by atoms with Crippen LogP contribution in [-0.4, -0.2) is 37.2 Å². The maximum Gasteiger partial charge on any atom is 0.315 e. The van der Waals surface area contributed by atoms with Crippen molar-refractivity contribution in [3.8, 4) is 5.75 Å². The number of rotatable bonds is 7. The summed E-state index contributed by atoms with van der Waals surface area (Å²) in [6.45, 7) is 3.02. The first-order valence-electron chi connectivity index (χ1n) is 10.7. The second-order valence-electron chi connectivity index (χ2n) is 8.24. The van der Waals surface area contributed by atoms with Crippen LogP contribution >= 0.6 is 0 Å². The van der Waals surface area contributed by atoms with E-state index in [0.717, 1.165) is 43.8 Å². The topological polar surface area (TPSA) is 53.6 Å². The quantitative estimate of drug-likeness (QED) is 0.744.